The average Bonchev–Trinajstić information content (AvgIpc) is 2.40. The van der Waals surface area contributed by atoms with E-state index >= 15 is 0 Å². The summed E-state index contributed by atoms with van der Waals surface area (Å²) in [5.74, 6) is 0.210. The molecule has 1 aliphatic heterocycles. The van der Waals surface area contributed by atoms with Crippen LogP contribution in [-0.4, -0.2) is 35.3 Å². The van der Waals surface area contributed by atoms with E-state index in [1.165, 1.54) is 6.07 Å². The van der Waals surface area contributed by atoms with Crippen LogP contribution in [0.1, 0.15) is 13.8 Å². The van der Waals surface area contributed by atoms with Crippen LogP contribution in [0.5, 0.6) is 0 Å². The lowest BCUT2D eigenvalue weighted by molar-refractivity contribution is 0.0341. The van der Waals surface area contributed by atoms with Crippen LogP contribution in [-0.2, 0) is 4.74 Å². The van der Waals surface area contributed by atoms with Gasteiger partial charge in [0, 0.05) is 6.54 Å². The van der Waals surface area contributed by atoms with E-state index in [-0.39, 0.29) is 23.2 Å². The van der Waals surface area contributed by atoms with Gasteiger partial charge in [-0.05, 0) is 37.6 Å². The first-order valence-electron chi connectivity index (χ1n) is 6.56. The molecule has 0 aliphatic carbocycles. The maximum absolute atomic E-state index is 14.2. The Bertz CT molecular complexity index is 652. The zero-order chi connectivity index (χ0) is 14.3. The largest absolute Gasteiger partial charge is 0.375 e. The van der Waals surface area contributed by atoms with Crippen LogP contribution < -0.4 is 4.90 Å². The van der Waals surface area contributed by atoms with Crippen molar-refractivity contribution in [1.82, 2.24) is 9.97 Å². The van der Waals surface area contributed by atoms with E-state index in [1.807, 2.05) is 18.7 Å². The van der Waals surface area contributed by atoms with Gasteiger partial charge in [0.1, 0.15) is 11.6 Å². The standard InChI is InChI=1S/C14H15ClFN3O/c1-8-7-20-9(2)6-19(8)13-12-10(16)4-3-5-11(12)17-14(15)18-13/h3-5,8-9H,6-7H2,1-2H3. The second kappa shape index (κ2) is 5.14. The molecule has 2 heterocycles. The van der Waals surface area contributed by atoms with Gasteiger partial charge in [0.2, 0.25) is 5.28 Å². The van der Waals surface area contributed by atoms with Gasteiger partial charge in [0.15, 0.2) is 0 Å². The quantitative estimate of drug-likeness (QED) is 0.758. The monoisotopic (exact) mass is 295 g/mol. The lowest BCUT2D eigenvalue weighted by Crippen LogP contribution is -2.48. The third-order valence-corrected chi connectivity index (χ3v) is 3.67. The molecule has 4 nitrogen and oxygen atoms in total. The SMILES string of the molecule is CC1CN(c2nc(Cl)nc3cccc(F)c23)C(C)CO1. The summed E-state index contributed by atoms with van der Waals surface area (Å²) in [5.41, 5.74) is 0.520. The Morgan fingerprint density at radius 1 is 1.35 bits per heavy atom. The summed E-state index contributed by atoms with van der Waals surface area (Å²) in [6.45, 7) is 5.24. The summed E-state index contributed by atoms with van der Waals surface area (Å²) >= 11 is 5.98. The van der Waals surface area contributed by atoms with Crippen molar-refractivity contribution in [2.24, 2.45) is 0 Å². The van der Waals surface area contributed by atoms with E-state index in [1.54, 1.807) is 12.1 Å². The molecule has 0 bridgehead atoms. The normalized spacial score (nSPS) is 23.3. The minimum atomic E-state index is -0.333. The van der Waals surface area contributed by atoms with Crippen LogP contribution in [0.3, 0.4) is 0 Å². The number of aromatic nitrogens is 2. The fourth-order valence-corrected chi connectivity index (χ4v) is 2.67. The first kappa shape index (κ1) is 13.5. The smallest absolute Gasteiger partial charge is 0.224 e. The predicted molar refractivity (Wildman–Crippen MR) is 76.7 cm³/mol. The number of halogens is 2. The Morgan fingerprint density at radius 3 is 2.95 bits per heavy atom. The van der Waals surface area contributed by atoms with Gasteiger partial charge in [-0.2, -0.15) is 4.98 Å². The number of ether oxygens (including phenoxy) is 1. The highest BCUT2D eigenvalue weighted by molar-refractivity contribution is 6.28. The highest BCUT2D eigenvalue weighted by atomic mass is 35.5. The van der Waals surface area contributed by atoms with Gasteiger partial charge >= 0.3 is 0 Å². The van der Waals surface area contributed by atoms with Crippen molar-refractivity contribution in [3.05, 3.63) is 29.3 Å². The zero-order valence-electron chi connectivity index (χ0n) is 11.3. The molecule has 1 saturated heterocycles. The minimum absolute atomic E-state index is 0.0711. The van der Waals surface area contributed by atoms with Crippen LogP contribution in [0.25, 0.3) is 10.9 Å². The number of nitrogens with zero attached hydrogens (tertiary/aromatic N) is 3. The number of rotatable bonds is 1. The molecule has 1 fully saturated rings. The maximum Gasteiger partial charge on any atom is 0.224 e. The van der Waals surface area contributed by atoms with Crippen molar-refractivity contribution in [3.8, 4) is 0 Å². The van der Waals surface area contributed by atoms with Crippen LogP contribution in [0.4, 0.5) is 10.2 Å². The molecule has 2 atom stereocenters. The number of fused-ring (bicyclic) bond motifs is 1. The van der Waals surface area contributed by atoms with E-state index in [0.29, 0.717) is 29.9 Å². The van der Waals surface area contributed by atoms with Crippen LogP contribution in [0.2, 0.25) is 5.28 Å². The van der Waals surface area contributed by atoms with Crippen molar-refractivity contribution >= 4 is 28.3 Å². The highest BCUT2D eigenvalue weighted by Crippen LogP contribution is 2.30. The zero-order valence-corrected chi connectivity index (χ0v) is 12.1. The van der Waals surface area contributed by atoms with Crippen molar-refractivity contribution in [3.63, 3.8) is 0 Å². The molecular weight excluding hydrogens is 281 g/mol. The minimum Gasteiger partial charge on any atom is -0.375 e. The molecule has 6 heteroatoms. The molecule has 20 heavy (non-hydrogen) atoms. The first-order valence-corrected chi connectivity index (χ1v) is 6.94. The van der Waals surface area contributed by atoms with Crippen molar-refractivity contribution in [2.75, 3.05) is 18.1 Å². The third kappa shape index (κ3) is 2.31. The Morgan fingerprint density at radius 2 is 2.15 bits per heavy atom. The van der Waals surface area contributed by atoms with Gasteiger partial charge < -0.3 is 9.64 Å². The van der Waals surface area contributed by atoms with E-state index in [9.17, 15) is 4.39 Å². The van der Waals surface area contributed by atoms with Gasteiger partial charge in [0.25, 0.3) is 0 Å². The first-order chi connectivity index (χ1) is 9.56. The fraction of sp³-hybridized carbons (Fsp3) is 0.429. The van der Waals surface area contributed by atoms with E-state index in [0.717, 1.165) is 0 Å². The van der Waals surface area contributed by atoms with E-state index in [2.05, 4.69) is 9.97 Å². The van der Waals surface area contributed by atoms with Gasteiger partial charge in [-0.1, -0.05) is 6.07 Å². The Labute approximate surface area is 121 Å². The third-order valence-electron chi connectivity index (χ3n) is 3.51. The summed E-state index contributed by atoms with van der Waals surface area (Å²) in [6, 6.07) is 4.89. The number of morpholine rings is 1. The lowest BCUT2D eigenvalue weighted by Gasteiger charge is -2.38. The van der Waals surface area contributed by atoms with Crippen LogP contribution >= 0.6 is 11.6 Å². The van der Waals surface area contributed by atoms with E-state index < -0.39 is 0 Å². The fourth-order valence-electron chi connectivity index (χ4n) is 2.50. The molecule has 0 N–H and O–H groups in total. The van der Waals surface area contributed by atoms with E-state index in [4.69, 9.17) is 16.3 Å². The van der Waals surface area contributed by atoms with Crippen molar-refractivity contribution in [1.29, 1.82) is 0 Å². The molecule has 0 radical (unpaired) electrons. The van der Waals surface area contributed by atoms with Crippen molar-refractivity contribution in [2.45, 2.75) is 26.0 Å². The summed E-state index contributed by atoms with van der Waals surface area (Å²) < 4.78 is 19.8. The molecule has 0 spiro atoms. The lowest BCUT2D eigenvalue weighted by atomic mass is 10.1. The summed E-state index contributed by atoms with van der Waals surface area (Å²) in [4.78, 5) is 10.4. The second-order valence-electron chi connectivity index (χ2n) is 5.10. The molecule has 1 aromatic carbocycles. The number of hydrogen-bond donors (Lipinski definition) is 0. The summed E-state index contributed by atoms with van der Waals surface area (Å²) in [5, 5.41) is 0.544. The molecule has 3 rings (SSSR count). The maximum atomic E-state index is 14.2. The molecule has 1 aromatic heterocycles. The van der Waals surface area contributed by atoms with Gasteiger partial charge in [-0.3, -0.25) is 0 Å². The summed E-state index contributed by atoms with van der Waals surface area (Å²) in [6.07, 6.45) is 0.0711. The summed E-state index contributed by atoms with van der Waals surface area (Å²) in [7, 11) is 0. The van der Waals surface area contributed by atoms with Gasteiger partial charge in [-0.25, -0.2) is 9.37 Å². The molecular formula is C14H15ClFN3O. The Kier molecular flexibility index (Phi) is 3.48. The number of anilines is 1. The average molecular weight is 296 g/mol. The number of hydrogen-bond acceptors (Lipinski definition) is 4. The van der Waals surface area contributed by atoms with Gasteiger partial charge in [-0.15, -0.1) is 0 Å². The van der Waals surface area contributed by atoms with Gasteiger partial charge in [0.05, 0.1) is 29.7 Å². The van der Waals surface area contributed by atoms with Crippen LogP contribution in [0.15, 0.2) is 18.2 Å². The Balaban J connectivity index is 2.19. The molecule has 0 saturated carbocycles. The highest BCUT2D eigenvalue weighted by Gasteiger charge is 2.27. The number of benzene rings is 1. The molecule has 2 aromatic rings. The Hall–Kier alpha value is -1.46. The molecule has 0 amide bonds. The molecule has 2 unspecified atom stereocenters. The molecule has 106 valence electrons. The van der Waals surface area contributed by atoms with Crippen LogP contribution in [0, 0.1) is 5.82 Å². The second-order valence-corrected chi connectivity index (χ2v) is 5.43. The van der Waals surface area contributed by atoms with Crippen molar-refractivity contribution < 1.29 is 9.13 Å². The molecule has 1 aliphatic rings. The predicted octanol–water partition coefficient (Wildman–Crippen LogP) is 3.04. The topological polar surface area (TPSA) is 38.2 Å².